The van der Waals surface area contributed by atoms with Gasteiger partial charge in [0.2, 0.25) is 0 Å². The second kappa shape index (κ2) is 6.70. The maximum atomic E-state index is 12.7. The molecule has 134 valence electrons. The summed E-state index contributed by atoms with van der Waals surface area (Å²) < 4.78 is 0. The van der Waals surface area contributed by atoms with Crippen molar-refractivity contribution in [3.05, 3.63) is 0 Å². The van der Waals surface area contributed by atoms with Crippen molar-refractivity contribution in [1.29, 1.82) is 0 Å². The van der Waals surface area contributed by atoms with Crippen molar-refractivity contribution in [2.24, 2.45) is 11.8 Å². The Kier molecular flexibility index (Phi) is 4.80. The molecule has 1 atom stereocenters. The Labute approximate surface area is 143 Å². The van der Waals surface area contributed by atoms with Crippen LogP contribution in [-0.2, 0) is 9.59 Å². The molecule has 2 aliphatic heterocycles. The highest BCUT2D eigenvalue weighted by Crippen LogP contribution is 2.35. The van der Waals surface area contributed by atoms with Gasteiger partial charge in [-0.3, -0.25) is 19.9 Å². The Morgan fingerprint density at radius 1 is 1.21 bits per heavy atom. The summed E-state index contributed by atoms with van der Waals surface area (Å²) in [6.45, 7) is 6.34. The number of urea groups is 1. The number of rotatable bonds is 3. The zero-order chi connectivity index (χ0) is 17.3. The summed E-state index contributed by atoms with van der Waals surface area (Å²) in [5, 5.41) is 3.71. The zero-order valence-corrected chi connectivity index (χ0v) is 14.6. The van der Waals surface area contributed by atoms with Gasteiger partial charge in [-0.15, -0.1) is 0 Å². The van der Waals surface area contributed by atoms with Crippen molar-refractivity contribution < 1.29 is 14.4 Å². The lowest BCUT2D eigenvalue weighted by Gasteiger charge is -2.33. The van der Waals surface area contributed by atoms with Crippen LogP contribution in [-0.4, -0.2) is 52.9 Å². The molecule has 2 saturated heterocycles. The number of likely N-dealkylation sites (tertiary alicyclic amines) is 1. The van der Waals surface area contributed by atoms with Gasteiger partial charge in [0.25, 0.3) is 11.8 Å². The lowest BCUT2D eigenvalue weighted by molar-refractivity contribution is -0.140. The lowest BCUT2D eigenvalue weighted by Crippen LogP contribution is -2.53. The molecule has 24 heavy (non-hydrogen) atoms. The first kappa shape index (κ1) is 17.2. The molecule has 7 heteroatoms. The molecule has 2 heterocycles. The van der Waals surface area contributed by atoms with Gasteiger partial charge in [0.1, 0.15) is 5.54 Å². The molecular formula is C17H28N4O3. The van der Waals surface area contributed by atoms with Crippen LogP contribution in [0, 0.1) is 11.8 Å². The number of carbonyl (C=O) groups excluding carboxylic acids is 3. The van der Waals surface area contributed by atoms with E-state index in [1.54, 1.807) is 0 Å². The average molecular weight is 336 g/mol. The van der Waals surface area contributed by atoms with Crippen molar-refractivity contribution in [1.82, 2.24) is 20.7 Å². The number of hydrogen-bond acceptors (Lipinski definition) is 4. The summed E-state index contributed by atoms with van der Waals surface area (Å²) in [4.78, 5) is 39.2. The molecule has 3 aliphatic rings. The third-order valence-electron chi connectivity index (χ3n) is 5.63. The van der Waals surface area contributed by atoms with Crippen molar-refractivity contribution in [2.75, 3.05) is 19.6 Å². The normalized spacial score (nSPS) is 34.5. The molecule has 4 amide bonds. The zero-order valence-electron chi connectivity index (χ0n) is 14.6. The molecule has 1 spiro atoms. The highest BCUT2D eigenvalue weighted by Gasteiger charge is 2.52. The van der Waals surface area contributed by atoms with E-state index in [2.05, 4.69) is 29.5 Å². The van der Waals surface area contributed by atoms with E-state index in [-0.39, 0.29) is 18.4 Å². The number of piperidine rings is 1. The highest BCUT2D eigenvalue weighted by atomic mass is 16.2. The Hall–Kier alpha value is -1.63. The summed E-state index contributed by atoms with van der Waals surface area (Å²) in [6, 6.07) is -0.505. The van der Waals surface area contributed by atoms with Crippen LogP contribution in [0.15, 0.2) is 0 Å². The number of amides is 4. The first-order valence-electron chi connectivity index (χ1n) is 9.08. The topological polar surface area (TPSA) is 81.8 Å². The number of carbonyl (C=O) groups is 3. The molecule has 2 N–H and O–H groups in total. The predicted octanol–water partition coefficient (Wildman–Crippen LogP) is 1.25. The second-order valence-electron chi connectivity index (χ2n) is 7.85. The molecule has 0 aromatic carbocycles. The Morgan fingerprint density at radius 3 is 2.58 bits per heavy atom. The van der Waals surface area contributed by atoms with Crippen LogP contribution in [0.4, 0.5) is 4.79 Å². The Balaban J connectivity index is 1.57. The van der Waals surface area contributed by atoms with Crippen LogP contribution < -0.4 is 10.7 Å². The van der Waals surface area contributed by atoms with E-state index in [0.29, 0.717) is 24.7 Å². The Bertz CT molecular complexity index is 528. The van der Waals surface area contributed by atoms with Crippen molar-refractivity contribution in [3.63, 3.8) is 0 Å². The third-order valence-corrected chi connectivity index (χ3v) is 5.63. The van der Waals surface area contributed by atoms with E-state index >= 15 is 0 Å². The molecule has 3 fully saturated rings. The van der Waals surface area contributed by atoms with Crippen molar-refractivity contribution in [2.45, 2.75) is 57.9 Å². The van der Waals surface area contributed by atoms with Gasteiger partial charge in [-0.2, -0.15) is 5.01 Å². The number of hydrogen-bond donors (Lipinski definition) is 2. The smallest absolute Gasteiger partial charge is 0.322 e. The molecule has 1 aliphatic carbocycles. The fraction of sp³-hybridized carbons (Fsp3) is 0.824. The molecule has 0 aromatic heterocycles. The molecule has 0 aromatic rings. The van der Waals surface area contributed by atoms with E-state index in [0.717, 1.165) is 37.4 Å². The molecule has 3 rings (SSSR count). The number of imide groups is 1. The monoisotopic (exact) mass is 336 g/mol. The quantitative estimate of drug-likeness (QED) is 0.760. The standard InChI is InChI=1S/C17H28N4O3/c1-12-5-7-17(8-6-12)15(23)21(16(24)18-17)19-14(22)11-20-9-3-4-13(2)10-20/h12-13H,3-11H2,1-2H3,(H,18,24)(H,19,22). The van der Waals surface area contributed by atoms with Crippen LogP contribution in [0.1, 0.15) is 52.4 Å². The molecule has 0 radical (unpaired) electrons. The van der Waals surface area contributed by atoms with E-state index in [1.807, 2.05) is 0 Å². The van der Waals surface area contributed by atoms with Crippen LogP contribution in [0.25, 0.3) is 0 Å². The van der Waals surface area contributed by atoms with Gasteiger partial charge in [-0.1, -0.05) is 13.8 Å². The van der Waals surface area contributed by atoms with Crippen LogP contribution >= 0.6 is 0 Å². The van der Waals surface area contributed by atoms with Gasteiger partial charge in [0.05, 0.1) is 6.54 Å². The van der Waals surface area contributed by atoms with Crippen LogP contribution in [0.3, 0.4) is 0 Å². The molecular weight excluding hydrogens is 308 g/mol. The van der Waals surface area contributed by atoms with Crippen molar-refractivity contribution in [3.8, 4) is 0 Å². The molecule has 1 unspecified atom stereocenters. The molecule has 0 bridgehead atoms. The van der Waals surface area contributed by atoms with Gasteiger partial charge in [0.15, 0.2) is 0 Å². The third kappa shape index (κ3) is 3.41. The predicted molar refractivity (Wildman–Crippen MR) is 88.7 cm³/mol. The minimum absolute atomic E-state index is 0.228. The molecule has 7 nitrogen and oxygen atoms in total. The largest absolute Gasteiger partial charge is 0.344 e. The maximum Gasteiger partial charge on any atom is 0.344 e. The second-order valence-corrected chi connectivity index (χ2v) is 7.85. The SMILES string of the molecule is CC1CCC2(CC1)NC(=O)N(NC(=O)CN1CCCC(C)C1)C2=O. The van der Waals surface area contributed by atoms with Gasteiger partial charge < -0.3 is 5.32 Å². The van der Waals surface area contributed by atoms with Gasteiger partial charge >= 0.3 is 6.03 Å². The van der Waals surface area contributed by atoms with Gasteiger partial charge in [-0.25, -0.2) is 4.79 Å². The maximum absolute atomic E-state index is 12.7. The number of nitrogens with zero attached hydrogens (tertiary/aromatic N) is 2. The first-order chi connectivity index (χ1) is 11.4. The lowest BCUT2D eigenvalue weighted by atomic mass is 9.77. The summed E-state index contributed by atoms with van der Waals surface area (Å²) >= 11 is 0. The van der Waals surface area contributed by atoms with Gasteiger partial charge in [-0.05, 0) is 56.9 Å². The fourth-order valence-corrected chi connectivity index (χ4v) is 4.11. The summed E-state index contributed by atoms with van der Waals surface area (Å²) in [7, 11) is 0. The summed E-state index contributed by atoms with van der Waals surface area (Å²) in [5.41, 5.74) is 1.71. The molecule has 1 saturated carbocycles. The number of hydrazine groups is 1. The van der Waals surface area contributed by atoms with Crippen LogP contribution in [0.5, 0.6) is 0 Å². The highest BCUT2D eigenvalue weighted by molar-refractivity contribution is 6.08. The summed E-state index contributed by atoms with van der Waals surface area (Å²) in [5.74, 6) is 0.550. The average Bonchev–Trinajstić information content (AvgIpc) is 2.75. The first-order valence-corrected chi connectivity index (χ1v) is 9.08. The number of nitrogens with one attached hydrogen (secondary N) is 2. The minimum atomic E-state index is -0.809. The van der Waals surface area contributed by atoms with Crippen LogP contribution in [0.2, 0.25) is 0 Å². The van der Waals surface area contributed by atoms with E-state index in [9.17, 15) is 14.4 Å². The van der Waals surface area contributed by atoms with E-state index in [4.69, 9.17) is 0 Å². The van der Waals surface area contributed by atoms with Gasteiger partial charge in [0, 0.05) is 6.54 Å². The Morgan fingerprint density at radius 2 is 1.92 bits per heavy atom. The summed E-state index contributed by atoms with van der Waals surface area (Å²) in [6.07, 6.45) is 5.40. The van der Waals surface area contributed by atoms with E-state index < -0.39 is 11.6 Å². The minimum Gasteiger partial charge on any atom is -0.322 e. The fourth-order valence-electron chi connectivity index (χ4n) is 4.11. The van der Waals surface area contributed by atoms with Crippen molar-refractivity contribution >= 4 is 17.8 Å². The van der Waals surface area contributed by atoms with E-state index in [1.165, 1.54) is 6.42 Å².